The minimum atomic E-state index is -0.843. The van der Waals surface area contributed by atoms with Gasteiger partial charge in [0.1, 0.15) is 0 Å². The quantitative estimate of drug-likeness (QED) is 0.0320. The van der Waals surface area contributed by atoms with E-state index in [4.69, 9.17) is 4.74 Å². The molecular formula is C77H151NO5. The van der Waals surface area contributed by atoms with Gasteiger partial charge in [0.25, 0.3) is 0 Å². The Labute approximate surface area is 520 Å². The molecule has 0 spiro atoms. The highest BCUT2D eigenvalue weighted by molar-refractivity contribution is 5.76. The molecule has 0 rings (SSSR count). The molecule has 6 heteroatoms. The van der Waals surface area contributed by atoms with E-state index >= 15 is 0 Å². The van der Waals surface area contributed by atoms with Gasteiger partial charge in [-0.25, -0.2) is 0 Å². The summed E-state index contributed by atoms with van der Waals surface area (Å²) < 4.78 is 5.51. The van der Waals surface area contributed by atoms with E-state index in [1.807, 2.05) is 6.08 Å². The van der Waals surface area contributed by atoms with Gasteiger partial charge in [-0.2, -0.15) is 0 Å². The Morgan fingerprint density at radius 1 is 0.325 bits per heavy atom. The maximum absolute atomic E-state index is 12.5. The topological polar surface area (TPSA) is 95.9 Å². The first kappa shape index (κ1) is 81.6. The minimum absolute atomic E-state index is 0.0226. The Bertz CT molecular complexity index is 1260. The third kappa shape index (κ3) is 69.6. The molecule has 0 radical (unpaired) electrons. The predicted octanol–water partition coefficient (Wildman–Crippen LogP) is 25.1. The van der Waals surface area contributed by atoms with Crippen molar-refractivity contribution in [3.8, 4) is 0 Å². The smallest absolute Gasteiger partial charge is 0.305 e. The van der Waals surface area contributed by atoms with Crippen molar-refractivity contribution in [1.82, 2.24) is 5.32 Å². The number of nitrogens with one attached hydrogen (secondary N) is 1. The first-order valence-corrected chi connectivity index (χ1v) is 38.5. The maximum atomic E-state index is 12.5. The average molecular weight is 1170 g/mol. The number of hydrogen-bond donors (Lipinski definition) is 3. The second-order valence-electron chi connectivity index (χ2n) is 26.7. The van der Waals surface area contributed by atoms with Gasteiger partial charge >= 0.3 is 5.97 Å². The molecule has 1 amide bonds. The number of unbranched alkanes of at least 4 members (excludes halogenated alkanes) is 62. The lowest BCUT2D eigenvalue weighted by molar-refractivity contribution is -0.143. The average Bonchev–Trinajstić information content (AvgIpc) is 3.49. The lowest BCUT2D eigenvalue weighted by Gasteiger charge is -2.20. The monoisotopic (exact) mass is 1170 g/mol. The van der Waals surface area contributed by atoms with Crippen LogP contribution in [0.1, 0.15) is 444 Å². The predicted molar refractivity (Wildman–Crippen MR) is 366 cm³/mol. The highest BCUT2D eigenvalue weighted by Crippen LogP contribution is 2.20. The van der Waals surface area contributed by atoms with E-state index < -0.39 is 12.1 Å². The highest BCUT2D eigenvalue weighted by Gasteiger charge is 2.18. The fourth-order valence-electron chi connectivity index (χ4n) is 12.5. The van der Waals surface area contributed by atoms with Crippen LogP contribution in [0.4, 0.5) is 0 Å². The van der Waals surface area contributed by atoms with Gasteiger partial charge in [-0.1, -0.05) is 411 Å². The summed E-state index contributed by atoms with van der Waals surface area (Å²) in [7, 11) is 0. The Morgan fingerprint density at radius 3 is 0.819 bits per heavy atom. The van der Waals surface area contributed by atoms with E-state index in [-0.39, 0.29) is 18.5 Å². The van der Waals surface area contributed by atoms with Crippen molar-refractivity contribution < 1.29 is 24.5 Å². The number of esters is 1. The number of carbonyl (C=O) groups excluding carboxylic acids is 2. The highest BCUT2D eigenvalue weighted by atomic mass is 16.5. The van der Waals surface area contributed by atoms with Gasteiger partial charge in [-0.15, -0.1) is 0 Å². The lowest BCUT2D eigenvalue weighted by Crippen LogP contribution is -2.45. The Balaban J connectivity index is 3.36. The van der Waals surface area contributed by atoms with Crippen LogP contribution in [0.15, 0.2) is 12.2 Å². The molecule has 0 bridgehead atoms. The molecular weight excluding hydrogens is 1020 g/mol. The molecule has 0 aromatic rings. The SMILES string of the molecule is CCCCCCCCCCCCCCCCCCCCCCC/C=C/C(O)C(CO)NC(=O)CCCCCCCCCCCCCCCCCCCCCCCCCCCCCCOC(=O)CCCCCCCCCCCCCCCCC. The fourth-order valence-corrected chi connectivity index (χ4v) is 12.5. The number of aliphatic hydroxyl groups excluding tert-OH is 2. The zero-order valence-electron chi connectivity index (χ0n) is 56.7. The van der Waals surface area contributed by atoms with Crippen molar-refractivity contribution >= 4 is 11.9 Å². The molecule has 0 aliphatic carbocycles. The second kappa shape index (κ2) is 73.1. The Kier molecular flexibility index (Phi) is 71.8. The van der Waals surface area contributed by atoms with Crippen molar-refractivity contribution in [2.45, 2.75) is 456 Å². The number of rotatable bonds is 73. The first-order chi connectivity index (χ1) is 41.0. The summed E-state index contributed by atoms with van der Waals surface area (Å²) >= 11 is 0. The molecule has 0 aromatic carbocycles. The van der Waals surface area contributed by atoms with Gasteiger partial charge < -0.3 is 20.3 Å². The third-order valence-corrected chi connectivity index (χ3v) is 18.3. The molecule has 0 saturated heterocycles. The van der Waals surface area contributed by atoms with Crippen LogP contribution in [-0.4, -0.2) is 47.4 Å². The Hall–Kier alpha value is -1.40. The van der Waals surface area contributed by atoms with Gasteiger partial charge in [0.05, 0.1) is 25.4 Å². The minimum Gasteiger partial charge on any atom is -0.466 e. The van der Waals surface area contributed by atoms with Crippen LogP contribution in [0.2, 0.25) is 0 Å². The van der Waals surface area contributed by atoms with Crippen LogP contribution >= 0.6 is 0 Å². The molecule has 3 N–H and O–H groups in total. The van der Waals surface area contributed by atoms with E-state index in [1.54, 1.807) is 6.08 Å². The molecule has 2 unspecified atom stereocenters. The first-order valence-electron chi connectivity index (χ1n) is 38.5. The third-order valence-electron chi connectivity index (χ3n) is 18.3. The van der Waals surface area contributed by atoms with Crippen molar-refractivity contribution in [1.29, 1.82) is 0 Å². The maximum Gasteiger partial charge on any atom is 0.305 e. The van der Waals surface area contributed by atoms with E-state index in [9.17, 15) is 19.8 Å². The molecule has 494 valence electrons. The van der Waals surface area contributed by atoms with E-state index in [0.717, 1.165) is 38.5 Å². The summed E-state index contributed by atoms with van der Waals surface area (Å²) in [5.41, 5.74) is 0. The lowest BCUT2D eigenvalue weighted by atomic mass is 10.0. The standard InChI is InChI=1S/C77H151NO5/c1-3-5-7-9-11-13-15-17-19-20-21-22-29-32-35-38-42-45-49-53-57-61-65-69-75(80)74(73-79)78-76(81)70-66-62-58-54-50-46-43-39-36-33-30-27-25-23-24-26-28-31-34-37-40-44-48-52-56-60-64-68-72-83-77(82)71-67-63-59-55-51-47-41-18-16-14-12-10-8-6-4-2/h65,69,74-75,79-80H,3-64,66-68,70-73H2,1-2H3,(H,78,81)/b69-65+. The summed E-state index contributed by atoms with van der Waals surface area (Å²) in [5.74, 6) is -0.0367. The van der Waals surface area contributed by atoms with Gasteiger partial charge in [-0.3, -0.25) is 9.59 Å². The number of allylic oxidation sites excluding steroid dienone is 1. The van der Waals surface area contributed by atoms with Gasteiger partial charge in [0.15, 0.2) is 0 Å². The zero-order valence-corrected chi connectivity index (χ0v) is 56.7. The van der Waals surface area contributed by atoms with Crippen LogP contribution in [0, 0.1) is 0 Å². The summed E-state index contributed by atoms with van der Waals surface area (Å²) in [6.07, 6.45) is 91.8. The second-order valence-corrected chi connectivity index (χ2v) is 26.7. The van der Waals surface area contributed by atoms with Crippen molar-refractivity contribution in [3.63, 3.8) is 0 Å². The molecule has 0 aliphatic heterocycles. The molecule has 6 nitrogen and oxygen atoms in total. The van der Waals surface area contributed by atoms with E-state index in [0.29, 0.717) is 19.4 Å². The molecule has 2 atom stereocenters. The van der Waals surface area contributed by atoms with Crippen molar-refractivity contribution in [2.24, 2.45) is 0 Å². The van der Waals surface area contributed by atoms with Crippen LogP contribution in [0.3, 0.4) is 0 Å². The van der Waals surface area contributed by atoms with Crippen molar-refractivity contribution in [2.75, 3.05) is 13.2 Å². The largest absolute Gasteiger partial charge is 0.466 e. The molecule has 0 aromatic heterocycles. The fraction of sp³-hybridized carbons (Fsp3) is 0.948. The normalized spacial score (nSPS) is 12.5. The van der Waals surface area contributed by atoms with E-state index in [1.165, 1.54) is 379 Å². The van der Waals surface area contributed by atoms with Crippen molar-refractivity contribution in [3.05, 3.63) is 12.2 Å². The zero-order chi connectivity index (χ0) is 59.9. The number of amides is 1. The molecule has 0 fully saturated rings. The van der Waals surface area contributed by atoms with Crippen LogP contribution in [0.25, 0.3) is 0 Å². The van der Waals surface area contributed by atoms with Crippen LogP contribution in [0.5, 0.6) is 0 Å². The number of hydrogen-bond acceptors (Lipinski definition) is 5. The summed E-state index contributed by atoms with van der Waals surface area (Å²) in [6.45, 7) is 4.96. The summed E-state index contributed by atoms with van der Waals surface area (Å²) in [4.78, 5) is 24.6. The van der Waals surface area contributed by atoms with Crippen LogP contribution in [-0.2, 0) is 14.3 Å². The molecule has 0 heterocycles. The Morgan fingerprint density at radius 2 is 0.554 bits per heavy atom. The number of ether oxygens (including phenoxy) is 1. The number of aliphatic hydroxyl groups is 2. The summed E-state index contributed by atoms with van der Waals surface area (Å²) in [5, 5.41) is 23.3. The summed E-state index contributed by atoms with van der Waals surface area (Å²) in [6, 6.07) is -0.626. The van der Waals surface area contributed by atoms with E-state index in [2.05, 4.69) is 19.2 Å². The molecule has 83 heavy (non-hydrogen) atoms. The van der Waals surface area contributed by atoms with Crippen LogP contribution < -0.4 is 5.32 Å². The van der Waals surface area contributed by atoms with Gasteiger partial charge in [0, 0.05) is 12.8 Å². The van der Waals surface area contributed by atoms with Gasteiger partial charge in [-0.05, 0) is 32.1 Å². The molecule has 0 saturated carbocycles. The van der Waals surface area contributed by atoms with Gasteiger partial charge in [0.2, 0.25) is 5.91 Å². The number of carbonyl (C=O) groups is 2. The molecule has 0 aliphatic rings.